The van der Waals surface area contributed by atoms with Gasteiger partial charge in [-0.2, -0.15) is 0 Å². The molecule has 0 aliphatic rings. The number of hydrogen-bond donors (Lipinski definition) is 1. The monoisotopic (exact) mass is 299 g/mol. The summed E-state index contributed by atoms with van der Waals surface area (Å²) in [5.41, 5.74) is 0.923. The van der Waals surface area contributed by atoms with Gasteiger partial charge in [-0.1, -0.05) is 29.3 Å². The Labute approximate surface area is 122 Å². The van der Waals surface area contributed by atoms with Crippen LogP contribution in [0.2, 0.25) is 10.0 Å². The number of hydrogen-bond acceptors (Lipinski definition) is 3. The van der Waals surface area contributed by atoms with Crippen LogP contribution < -0.4 is 5.32 Å². The predicted octanol–water partition coefficient (Wildman–Crippen LogP) is 4.04. The molecule has 1 aromatic heterocycles. The number of rotatable bonds is 5. The number of benzene rings is 1. The Balaban J connectivity index is 2.32. The van der Waals surface area contributed by atoms with E-state index >= 15 is 0 Å². The molecule has 1 atom stereocenters. The van der Waals surface area contributed by atoms with Crippen LogP contribution in [0.5, 0.6) is 0 Å². The van der Waals surface area contributed by atoms with E-state index in [1.54, 1.807) is 13.2 Å². The molecule has 102 valence electrons. The van der Waals surface area contributed by atoms with E-state index in [2.05, 4.69) is 5.32 Å². The molecule has 0 bridgehead atoms. The van der Waals surface area contributed by atoms with Crippen LogP contribution in [-0.4, -0.2) is 14.2 Å². The zero-order valence-corrected chi connectivity index (χ0v) is 12.3. The average molecular weight is 300 g/mol. The summed E-state index contributed by atoms with van der Waals surface area (Å²) in [5.74, 6) is 1.57. The topological polar surface area (TPSA) is 34.4 Å². The Morgan fingerprint density at radius 2 is 2.05 bits per heavy atom. The maximum absolute atomic E-state index is 6.23. The molecule has 1 unspecified atom stereocenters. The lowest BCUT2D eigenvalue weighted by Gasteiger charge is -2.16. The summed E-state index contributed by atoms with van der Waals surface area (Å²) >= 11 is 12.1. The second-order valence-electron chi connectivity index (χ2n) is 4.12. The fraction of sp³-hybridized carbons (Fsp3) is 0.286. The van der Waals surface area contributed by atoms with Gasteiger partial charge in [0.2, 0.25) is 0 Å². The molecule has 0 spiro atoms. The highest BCUT2D eigenvalue weighted by Gasteiger charge is 2.19. The van der Waals surface area contributed by atoms with Crippen molar-refractivity contribution in [3.8, 4) is 0 Å². The van der Waals surface area contributed by atoms with Gasteiger partial charge < -0.3 is 14.5 Å². The summed E-state index contributed by atoms with van der Waals surface area (Å²) in [7, 11) is 3.49. The molecule has 0 radical (unpaired) electrons. The van der Waals surface area contributed by atoms with Crippen LogP contribution in [0.15, 0.2) is 34.7 Å². The van der Waals surface area contributed by atoms with E-state index < -0.39 is 0 Å². The third-order valence-corrected chi connectivity index (χ3v) is 3.38. The van der Waals surface area contributed by atoms with E-state index in [0.29, 0.717) is 16.7 Å². The van der Waals surface area contributed by atoms with Gasteiger partial charge in [-0.15, -0.1) is 0 Å². The highest BCUT2D eigenvalue weighted by Crippen LogP contribution is 2.31. The molecule has 2 rings (SSSR count). The maximum Gasteiger partial charge on any atom is 0.129 e. The summed E-state index contributed by atoms with van der Waals surface area (Å²) < 4.78 is 10.8. The first kappa shape index (κ1) is 14.4. The number of methoxy groups -OCH3 is 1. The molecule has 5 heteroatoms. The number of nitrogens with one attached hydrogen (secondary N) is 1. The van der Waals surface area contributed by atoms with Gasteiger partial charge in [-0.05, 0) is 36.9 Å². The smallest absolute Gasteiger partial charge is 0.129 e. The van der Waals surface area contributed by atoms with Crippen molar-refractivity contribution < 1.29 is 9.15 Å². The first-order valence-electron chi connectivity index (χ1n) is 5.85. The highest BCUT2D eigenvalue weighted by atomic mass is 35.5. The van der Waals surface area contributed by atoms with Crippen LogP contribution in [0.1, 0.15) is 23.1 Å². The second kappa shape index (κ2) is 6.44. The SMILES string of the molecule is CNC(c1ccc(COC)o1)c1ccc(Cl)cc1Cl. The van der Waals surface area contributed by atoms with Crippen molar-refractivity contribution in [3.05, 3.63) is 57.5 Å². The van der Waals surface area contributed by atoms with E-state index in [9.17, 15) is 0 Å². The van der Waals surface area contributed by atoms with Crippen LogP contribution in [0.4, 0.5) is 0 Å². The van der Waals surface area contributed by atoms with E-state index in [4.69, 9.17) is 32.4 Å². The van der Waals surface area contributed by atoms with Crippen molar-refractivity contribution in [3.63, 3.8) is 0 Å². The second-order valence-corrected chi connectivity index (χ2v) is 4.97. The standard InChI is InChI=1S/C14H15Cl2NO2/c1-17-14(11-5-3-9(15)7-12(11)16)13-6-4-10(19-13)8-18-2/h3-7,14,17H,8H2,1-2H3. The zero-order valence-electron chi connectivity index (χ0n) is 10.7. The third-order valence-electron chi connectivity index (χ3n) is 2.82. The van der Waals surface area contributed by atoms with Gasteiger partial charge in [0.15, 0.2) is 0 Å². The Hall–Kier alpha value is -1.000. The molecule has 1 aromatic carbocycles. The molecule has 0 aliphatic carbocycles. The lowest BCUT2D eigenvalue weighted by Crippen LogP contribution is -2.17. The molecule has 19 heavy (non-hydrogen) atoms. The molecular weight excluding hydrogens is 285 g/mol. The maximum atomic E-state index is 6.23. The van der Waals surface area contributed by atoms with Crippen molar-refractivity contribution in [1.29, 1.82) is 0 Å². The van der Waals surface area contributed by atoms with Gasteiger partial charge in [-0.3, -0.25) is 0 Å². The summed E-state index contributed by atoms with van der Waals surface area (Å²) in [6.07, 6.45) is 0. The lowest BCUT2D eigenvalue weighted by atomic mass is 10.0. The minimum atomic E-state index is -0.115. The molecule has 0 saturated carbocycles. The lowest BCUT2D eigenvalue weighted by molar-refractivity contribution is 0.162. The molecular formula is C14H15Cl2NO2. The minimum Gasteiger partial charge on any atom is -0.462 e. The summed E-state index contributed by atoms with van der Waals surface area (Å²) in [5, 5.41) is 4.41. The van der Waals surface area contributed by atoms with E-state index in [1.807, 2.05) is 31.3 Å². The molecule has 0 amide bonds. The van der Waals surface area contributed by atoms with Crippen molar-refractivity contribution in [1.82, 2.24) is 5.32 Å². The van der Waals surface area contributed by atoms with Crippen molar-refractivity contribution >= 4 is 23.2 Å². The van der Waals surface area contributed by atoms with Crippen LogP contribution in [0.3, 0.4) is 0 Å². The summed E-state index contributed by atoms with van der Waals surface area (Å²) in [6, 6.07) is 9.13. The van der Waals surface area contributed by atoms with Crippen molar-refractivity contribution in [2.24, 2.45) is 0 Å². The molecule has 0 saturated heterocycles. The molecule has 0 fully saturated rings. The Morgan fingerprint density at radius 3 is 2.68 bits per heavy atom. The Kier molecular flexibility index (Phi) is 4.88. The van der Waals surface area contributed by atoms with Gasteiger partial charge in [0.1, 0.15) is 18.1 Å². The summed E-state index contributed by atoms with van der Waals surface area (Å²) in [6.45, 7) is 0.449. The molecule has 1 N–H and O–H groups in total. The van der Waals surface area contributed by atoms with Crippen LogP contribution in [0, 0.1) is 0 Å². The van der Waals surface area contributed by atoms with Gasteiger partial charge in [0.05, 0.1) is 6.04 Å². The molecule has 0 aliphatic heterocycles. The van der Waals surface area contributed by atoms with Gasteiger partial charge in [-0.25, -0.2) is 0 Å². The Bertz CT molecular complexity index is 554. The van der Waals surface area contributed by atoms with Crippen molar-refractivity contribution in [2.75, 3.05) is 14.2 Å². The summed E-state index contributed by atoms with van der Waals surface area (Å²) in [4.78, 5) is 0. The Morgan fingerprint density at radius 1 is 1.26 bits per heavy atom. The number of furan rings is 1. The van der Waals surface area contributed by atoms with E-state index in [0.717, 1.165) is 17.1 Å². The molecule has 3 nitrogen and oxygen atoms in total. The van der Waals surface area contributed by atoms with Gasteiger partial charge >= 0.3 is 0 Å². The van der Waals surface area contributed by atoms with E-state index in [1.165, 1.54) is 0 Å². The number of ether oxygens (including phenoxy) is 1. The number of halogens is 2. The van der Waals surface area contributed by atoms with Gasteiger partial charge in [0.25, 0.3) is 0 Å². The quantitative estimate of drug-likeness (QED) is 0.905. The van der Waals surface area contributed by atoms with Crippen LogP contribution in [-0.2, 0) is 11.3 Å². The normalized spacial score (nSPS) is 12.6. The van der Waals surface area contributed by atoms with Crippen molar-refractivity contribution in [2.45, 2.75) is 12.6 Å². The van der Waals surface area contributed by atoms with E-state index in [-0.39, 0.29) is 6.04 Å². The fourth-order valence-electron chi connectivity index (χ4n) is 1.96. The fourth-order valence-corrected chi connectivity index (χ4v) is 2.47. The predicted molar refractivity (Wildman–Crippen MR) is 76.8 cm³/mol. The first-order chi connectivity index (χ1) is 9.15. The van der Waals surface area contributed by atoms with Gasteiger partial charge in [0, 0.05) is 17.2 Å². The van der Waals surface area contributed by atoms with Crippen LogP contribution >= 0.6 is 23.2 Å². The minimum absolute atomic E-state index is 0.115. The third kappa shape index (κ3) is 3.31. The van der Waals surface area contributed by atoms with Crippen LogP contribution in [0.25, 0.3) is 0 Å². The average Bonchev–Trinajstić information content (AvgIpc) is 2.82. The highest BCUT2D eigenvalue weighted by molar-refractivity contribution is 6.35. The zero-order chi connectivity index (χ0) is 13.8. The molecule has 2 aromatic rings. The largest absolute Gasteiger partial charge is 0.462 e. The molecule has 1 heterocycles. The first-order valence-corrected chi connectivity index (χ1v) is 6.61.